The van der Waals surface area contributed by atoms with E-state index in [1.54, 1.807) is 7.11 Å². The highest BCUT2D eigenvalue weighted by molar-refractivity contribution is 9.10. The monoisotopic (exact) mass is 337 g/mol. The van der Waals surface area contributed by atoms with Gasteiger partial charge in [-0.15, -0.1) is 0 Å². The van der Waals surface area contributed by atoms with Gasteiger partial charge in [0.2, 0.25) is 0 Å². The predicted molar refractivity (Wildman–Crippen MR) is 88.3 cm³/mol. The van der Waals surface area contributed by atoms with E-state index in [1.165, 1.54) is 49.7 Å². The Balaban J connectivity index is 2.30. The lowest BCUT2D eigenvalue weighted by Crippen LogP contribution is -2.20. The summed E-state index contributed by atoms with van der Waals surface area (Å²) >= 11 is 3.68. The molecule has 0 saturated carbocycles. The molecule has 110 valence electrons. The zero-order valence-corrected chi connectivity index (χ0v) is 14.0. The summed E-state index contributed by atoms with van der Waals surface area (Å²) in [7, 11) is 3.76. The largest absolute Gasteiger partial charge is 0.497 e. The first-order valence-corrected chi connectivity index (χ1v) is 8.25. The number of hydrogen-bond acceptors (Lipinski definition) is 2. The molecule has 2 rings (SSSR count). The molecule has 20 heavy (non-hydrogen) atoms. The fourth-order valence-corrected chi connectivity index (χ4v) is 3.36. The molecule has 0 fully saturated rings. The van der Waals surface area contributed by atoms with Crippen LogP contribution in [0.1, 0.15) is 50.1 Å². The second kappa shape index (κ2) is 7.84. The molecule has 1 aliphatic carbocycles. The van der Waals surface area contributed by atoms with Gasteiger partial charge in [0.15, 0.2) is 0 Å². The van der Waals surface area contributed by atoms with Crippen molar-refractivity contribution in [2.24, 2.45) is 0 Å². The van der Waals surface area contributed by atoms with Crippen molar-refractivity contribution in [2.45, 2.75) is 44.6 Å². The van der Waals surface area contributed by atoms with Gasteiger partial charge < -0.3 is 10.1 Å². The summed E-state index contributed by atoms with van der Waals surface area (Å²) in [6.45, 7) is 0. The highest BCUT2D eigenvalue weighted by Crippen LogP contribution is 2.34. The second-order valence-electron chi connectivity index (χ2n) is 5.34. The number of rotatable bonds is 4. The highest BCUT2D eigenvalue weighted by Gasteiger charge is 2.18. The molecule has 3 heteroatoms. The molecular formula is C17H24BrNO. The highest BCUT2D eigenvalue weighted by atomic mass is 79.9. The first-order valence-electron chi connectivity index (χ1n) is 7.46. The molecule has 1 aromatic carbocycles. The smallest absolute Gasteiger partial charge is 0.119 e. The zero-order valence-electron chi connectivity index (χ0n) is 12.4. The van der Waals surface area contributed by atoms with Crippen LogP contribution in [0.15, 0.2) is 34.3 Å². The average molecular weight is 338 g/mol. The maximum atomic E-state index is 5.37. The van der Waals surface area contributed by atoms with Gasteiger partial charge in [0, 0.05) is 4.47 Å². The number of allylic oxidation sites excluding steroid dienone is 1. The molecule has 1 aliphatic rings. The molecule has 0 heterocycles. The SMILES string of the molecule is CNC(/C1=C/CCCCCC1)c1cc(OC)ccc1Br. The van der Waals surface area contributed by atoms with E-state index in [0.717, 1.165) is 10.2 Å². The van der Waals surface area contributed by atoms with E-state index < -0.39 is 0 Å². The number of likely N-dealkylation sites (N-methyl/N-ethyl adjacent to an activating group) is 1. The van der Waals surface area contributed by atoms with Gasteiger partial charge in [0.25, 0.3) is 0 Å². The van der Waals surface area contributed by atoms with Crippen LogP contribution in [0, 0.1) is 0 Å². The van der Waals surface area contributed by atoms with Crippen molar-refractivity contribution in [1.82, 2.24) is 5.32 Å². The van der Waals surface area contributed by atoms with Gasteiger partial charge in [-0.05, 0) is 56.5 Å². The molecule has 1 atom stereocenters. The van der Waals surface area contributed by atoms with E-state index in [4.69, 9.17) is 4.74 Å². The van der Waals surface area contributed by atoms with E-state index >= 15 is 0 Å². The summed E-state index contributed by atoms with van der Waals surface area (Å²) in [6, 6.07) is 6.47. The van der Waals surface area contributed by atoms with Crippen LogP contribution >= 0.6 is 15.9 Å². The van der Waals surface area contributed by atoms with E-state index in [0.29, 0.717) is 0 Å². The Morgan fingerprint density at radius 2 is 2.00 bits per heavy atom. The first kappa shape index (κ1) is 15.6. The summed E-state index contributed by atoms with van der Waals surface area (Å²) in [5.74, 6) is 0.912. The summed E-state index contributed by atoms with van der Waals surface area (Å²) in [4.78, 5) is 0. The summed E-state index contributed by atoms with van der Waals surface area (Å²) in [5.41, 5.74) is 2.78. The van der Waals surface area contributed by atoms with Gasteiger partial charge in [-0.1, -0.05) is 40.4 Å². The number of benzene rings is 1. The Bertz CT molecular complexity index is 470. The lowest BCUT2D eigenvalue weighted by Gasteiger charge is -2.24. The van der Waals surface area contributed by atoms with Crippen LogP contribution in [0.5, 0.6) is 5.75 Å². The van der Waals surface area contributed by atoms with Gasteiger partial charge in [0.1, 0.15) is 5.75 Å². The van der Waals surface area contributed by atoms with Crippen LogP contribution in [-0.2, 0) is 0 Å². The van der Waals surface area contributed by atoms with Crippen LogP contribution in [0.25, 0.3) is 0 Å². The van der Waals surface area contributed by atoms with Crippen LogP contribution in [0.3, 0.4) is 0 Å². The Morgan fingerprint density at radius 3 is 2.75 bits per heavy atom. The lowest BCUT2D eigenvalue weighted by atomic mass is 9.91. The summed E-state index contributed by atoms with van der Waals surface area (Å²) < 4.78 is 6.51. The number of methoxy groups -OCH3 is 1. The molecule has 0 spiro atoms. The Kier molecular flexibility index (Phi) is 6.11. The van der Waals surface area contributed by atoms with Crippen molar-refractivity contribution in [2.75, 3.05) is 14.2 Å². The molecule has 0 saturated heterocycles. The minimum absolute atomic E-state index is 0.276. The average Bonchev–Trinajstić information content (AvgIpc) is 2.43. The first-order chi connectivity index (χ1) is 9.76. The Morgan fingerprint density at radius 1 is 1.20 bits per heavy atom. The molecule has 0 amide bonds. The third kappa shape index (κ3) is 3.86. The quantitative estimate of drug-likeness (QED) is 0.780. The summed E-state index contributed by atoms with van der Waals surface area (Å²) in [6.07, 6.45) is 10.2. The molecule has 0 radical (unpaired) electrons. The predicted octanol–water partition coefficient (Wildman–Crippen LogP) is 5.00. The van der Waals surface area contributed by atoms with Gasteiger partial charge in [0.05, 0.1) is 13.2 Å². The maximum absolute atomic E-state index is 5.37. The van der Waals surface area contributed by atoms with Gasteiger partial charge in [-0.3, -0.25) is 0 Å². The molecule has 1 N–H and O–H groups in total. The molecular weight excluding hydrogens is 314 g/mol. The standard InChI is InChI=1S/C17H24BrNO/c1-19-17(13-8-6-4-3-5-7-9-13)15-12-14(20-2)10-11-16(15)18/h8,10-12,17,19H,3-7,9H2,1-2H3/b13-8+. The maximum Gasteiger partial charge on any atom is 0.119 e. The molecule has 1 aromatic rings. The third-order valence-electron chi connectivity index (χ3n) is 4.00. The van der Waals surface area contributed by atoms with Gasteiger partial charge in [-0.25, -0.2) is 0 Å². The number of nitrogens with one attached hydrogen (secondary N) is 1. The lowest BCUT2D eigenvalue weighted by molar-refractivity contribution is 0.413. The van der Waals surface area contributed by atoms with Crippen LogP contribution in [0.2, 0.25) is 0 Å². The van der Waals surface area contributed by atoms with E-state index in [1.807, 2.05) is 13.1 Å². The fraction of sp³-hybridized carbons (Fsp3) is 0.529. The van der Waals surface area contributed by atoms with E-state index in [2.05, 4.69) is 39.5 Å². The molecule has 0 aliphatic heterocycles. The second-order valence-corrected chi connectivity index (χ2v) is 6.20. The molecule has 2 nitrogen and oxygen atoms in total. The third-order valence-corrected chi connectivity index (χ3v) is 4.72. The minimum atomic E-state index is 0.276. The van der Waals surface area contributed by atoms with Crippen molar-refractivity contribution in [1.29, 1.82) is 0 Å². The Hall–Kier alpha value is -0.800. The molecule has 0 aromatic heterocycles. The number of halogens is 1. The van der Waals surface area contributed by atoms with Crippen molar-refractivity contribution in [3.8, 4) is 5.75 Å². The molecule has 1 unspecified atom stereocenters. The summed E-state index contributed by atoms with van der Waals surface area (Å²) in [5, 5.41) is 3.47. The van der Waals surface area contributed by atoms with Crippen molar-refractivity contribution >= 4 is 15.9 Å². The van der Waals surface area contributed by atoms with Crippen molar-refractivity contribution < 1.29 is 4.74 Å². The Labute approximate surface area is 130 Å². The number of ether oxygens (including phenoxy) is 1. The topological polar surface area (TPSA) is 21.3 Å². The van der Waals surface area contributed by atoms with Crippen molar-refractivity contribution in [3.63, 3.8) is 0 Å². The van der Waals surface area contributed by atoms with E-state index in [9.17, 15) is 0 Å². The fourth-order valence-electron chi connectivity index (χ4n) is 2.89. The van der Waals surface area contributed by atoms with Crippen LogP contribution < -0.4 is 10.1 Å². The van der Waals surface area contributed by atoms with Crippen molar-refractivity contribution in [3.05, 3.63) is 39.9 Å². The van der Waals surface area contributed by atoms with Gasteiger partial charge in [-0.2, -0.15) is 0 Å². The van der Waals surface area contributed by atoms with Crippen LogP contribution in [0.4, 0.5) is 0 Å². The minimum Gasteiger partial charge on any atom is -0.497 e. The zero-order chi connectivity index (χ0) is 14.4. The van der Waals surface area contributed by atoms with E-state index in [-0.39, 0.29) is 6.04 Å². The molecule has 0 bridgehead atoms. The number of hydrogen-bond donors (Lipinski definition) is 1. The normalized spacial score (nSPS) is 20.4. The van der Waals surface area contributed by atoms with Gasteiger partial charge >= 0.3 is 0 Å². The van der Waals surface area contributed by atoms with Crippen LogP contribution in [-0.4, -0.2) is 14.2 Å².